The lowest BCUT2D eigenvalue weighted by atomic mass is 9.98. The highest BCUT2D eigenvalue weighted by atomic mass is 32.2. The number of halogens is 10. The molecule has 31 heteroatoms. The number of hydrogen-bond acceptors (Lipinski definition) is 12. The van der Waals surface area contributed by atoms with Crippen LogP contribution in [0, 0.1) is 26.6 Å². The largest absolute Gasteiger partial charge is 0.416 e. The highest BCUT2D eigenvalue weighted by Gasteiger charge is 2.35. The summed E-state index contributed by atoms with van der Waals surface area (Å²) in [7, 11) is -6.79. The molecule has 3 aliphatic heterocycles. The lowest BCUT2D eigenvalue weighted by Gasteiger charge is -2.21. The second-order valence-electron chi connectivity index (χ2n) is 21.7. The molecule has 0 atom stereocenters. The Morgan fingerprint density at radius 1 is 0.449 bits per heavy atom. The molecule has 0 saturated carbocycles. The van der Waals surface area contributed by atoms with Gasteiger partial charge in [0.1, 0.15) is 20.5 Å². The van der Waals surface area contributed by atoms with E-state index < -0.39 is 72.2 Å². The standard InChI is InChI=1S/C20H19F5N4O2S.C19H19F3N4O2S.C19H20F2N4O2S/c1-12-18(11-28(26-12)19(21)22)32(30,31)29-10-16(13-5-7-27(2)8-6-13)15-9-14(20(23,24)25)3-4-17(15)29;1-12-18(11-25(23-12)19(21)22)29(27,28)26-10-16(13-5-7-24(2)8-6-13)15-9-14(20)3-4-17(15)26;1-13-18(12-24(22-13)19(20)21)28(26,27)25-11-16(14-7-9-23(2)10-8-14)15-5-3-4-6-17(15)25/h3-5,9-11,19H,6-8H2,1-2H3;3-5,9-11,19H,6-8H2,1-2H3;3-7,11-12,19H,8-10H2,1-2H3. The van der Waals surface area contributed by atoms with Crippen LogP contribution in [0.15, 0.2) is 131 Å². The highest BCUT2D eigenvalue weighted by molar-refractivity contribution is 7.90. The van der Waals surface area contributed by atoms with Crippen LogP contribution in [0.1, 0.15) is 78.2 Å². The Morgan fingerprint density at radius 2 is 0.787 bits per heavy atom. The fourth-order valence-corrected chi connectivity index (χ4v) is 15.5. The zero-order valence-electron chi connectivity index (χ0n) is 48.4. The van der Waals surface area contributed by atoms with E-state index in [1.165, 1.54) is 55.3 Å². The first-order chi connectivity index (χ1) is 41.9. The fraction of sp³-hybridized carbons (Fsp3) is 0.328. The lowest BCUT2D eigenvalue weighted by Crippen LogP contribution is -2.23. The molecule has 9 heterocycles. The van der Waals surface area contributed by atoms with Crippen molar-refractivity contribution in [2.45, 2.75) is 80.5 Å². The van der Waals surface area contributed by atoms with E-state index in [0.717, 1.165) is 98.5 Å². The van der Waals surface area contributed by atoms with Crippen molar-refractivity contribution in [3.63, 3.8) is 0 Å². The van der Waals surface area contributed by atoms with E-state index in [1.807, 2.05) is 50.3 Å². The number of aromatic nitrogens is 9. The Bertz CT molecular complexity index is 4650. The number of hydrogen-bond donors (Lipinski definition) is 0. The third-order valence-corrected chi connectivity index (χ3v) is 20.9. The molecular formula is C58H58F10N12O6S3. The van der Waals surface area contributed by atoms with Crippen molar-refractivity contribution in [1.82, 2.24) is 56.0 Å². The monoisotopic (exact) mass is 1300 g/mol. The smallest absolute Gasteiger partial charge is 0.302 e. The summed E-state index contributed by atoms with van der Waals surface area (Å²) in [5.74, 6) is -0.482. The van der Waals surface area contributed by atoms with Gasteiger partial charge in [-0.05, 0) is 120 Å². The predicted molar refractivity (Wildman–Crippen MR) is 313 cm³/mol. The van der Waals surface area contributed by atoms with E-state index >= 15 is 0 Å². The van der Waals surface area contributed by atoms with Crippen LogP contribution in [-0.2, 0) is 36.2 Å². The Labute approximate surface area is 504 Å². The van der Waals surface area contributed by atoms with Crippen LogP contribution in [-0.4, -0.2) is 142 Å². The van der Waals surface area contributed by atoms with Crippen molar-refractivity contribution in [3.05, 3.63) is 161 Å². The number of para-hydroxylation sites is 1. The highest BCUT2D eigenvalue weighted by Crippen LogP contribution is 2.40. The molecule has 0 unspecified atom stereocenters. The number of alkyl halides is 9. The number of rotatable bonds is 12. The molecule has 0 spiro atoms. The molecule has 18 nitrogen and oxygen atoms in total. The summed E-state index contributed by atoms with van der Waals surface area (Å²) in [5.41, 5.74) is 4.35. The summed E-state index contributed by atoms with van der Waals surface area (Å²) in [6.07, 6.45) is 10.1. The SMILES string of the molecule is Cc1nn(C(F)F)cc1S(=O)(=O)n1cc(C2=CCN(C)CC2)c2cc(C(F)(F)F)ccc21.Cc1nn(C(F)F)cc1S(=O)(=O)n1cc(C2=CCN(C)CC2)c2cc(F)ccc21.Cc1nn(C(F)F)cc1S(=O)(=O)n1cc(C2=CCN(C)CC2)c2ccccc21. The van der Waals surface area contributed by atoms with Gasteiger partial charge in [-0.1, -0.05) is 36.4 Å². The number of fused-ring (bicyclic) bond motifs is 3. The summed E-state index contributed by atoms with van der Waals surface area (Å²) in [5, 5.41) is 12.2. The molecule has 9 aromatic rings. The minimum Gasteiger partial charge on any atom is -0.302 e. The average Bonchev–Trinajstić information content (AvgIpc) is 1.77. The van der Waals surface area contributed by atoms with E-state index in [1.54, 1.807) is 18.3 Å². The molecule has 0 N–H and O–H groups in total. The van der Waals surface area contributed by atoms with Gasteiger partial charge in [0.05, 0.1) is 57.8 Å². The second kappa shape index (κ2) is 24.5. The molecule has 89 heavy (non-hydrogen) atoms. The minimum atomic E-state index is -4.61. The van der Waals surface area contributed by atoms with Crippen LogP contribution in [0.5, 0.6) is 0 Å². The zero-order valence-corrected chi connectivity index (χ0v) is 50.8. The van der Waals surface area contributed by atoms with Gasteiger partial charge < -0.3 is 14.7 Å². The van der Waals surface area contributed by atoms with Gasteiger partial charge in [0.2, 0.25) is 0 Å². The Kier molecular flexibility index (Phi) is 17.7. The van der Waals surface area contributed by atoms with E-state index in [-0.39, 0.29) is 48.0 Å². The molecule has 3 aliphatic rings. The maximum atomic E-state index is 13.9. The summed E-state index contributed by atoms with van der Waals surface area (Å²) in [4.78, 5) is 5.32. The molecule has 474 valence electrons. The number of nitrogens with zero attached hydrogens (tertiary/aromatic N) is 12. The molecule has 0 fully saturated rings. The van der Waals surface area contributed by atoms with E-state index in [4.69, 9.17) is 0 Å². The summed E-state index contributed by atoms with van der Waals surface area (Å²) >= 11 is 0. The Balaban J connectivity index is 0.000000147. The first-order valence-corrected chi connectivity index (χ1v) is 31.7. The van der Waals surface area contributed by atoms with Crippen molar-refractivity contribution < 1.29 is 69.2 Å². The normalized spacial score (nSPS) is 16.1. The van der Waals surface area contributed by atoms with Crippen LogP contribution in [0.2, 0.25) is 0 Å². The van der Waals surface area contributed by atoms with Gasteiger partial charge in [0.15, 0.2) is 0 Å². The fourth-order valence-electron chi connectivity index (χ4n) is 10.9. The van der Waals surface area contributed by atoms with Crippen molar-refractivity contribution in [2.75, 3.05) is 60.4 Å². The first-order valence-electron chi connectivity index (χ1n) is 27.4. The summed E-state index contributed by atoms with van der Waals surface area (Å²) in [6.45, 7) is -0.441. The average molecular weight is 1310 g/mol. The Morgan fingerprint density at radius 3 is 1.12 bits per heavy atom. The molecule has 0 aliphatic carbocycles. The zero-order chi connectivity index (χ0) is 64.4. The molecule has 0 bridgehead atoms. The van der Waals surface area contributed by atoms with Crippen LogP contribution >= 0.6 is 0 Å². The number of benzene rings is 3. The van der Waals surface area contributed by atoms with Crippen LogP contribution < -0.4 is 0 Å². The second-order valence-corrected chi connectivity index (χ2v) is 27.0. The topological polar surface area (TPSA) is 180 Å². The summed E-state index contributed by atoms with van der Waals surface area (Å²) < 4.78 is 216. The van der Waals surface area contributed by atoms with Crippen molar-refractivity contribution in [3.8, 4) is 0 Å². The molecule has 3 aromatic carbocycles. The van der Waals surface area contributed by atoms with Crippen LogP contribution in [0.25, 0.3) is 49.4 Å². The molecule has 12 rings (SSSR count). The van der Waals surface area contributed by atoms with Gasteiger partial charge in [-0.15, -0.1) is 0 Å². The number of likely N-dealkylation sites (N-methyl/N-ethyl adjacent to an activating group) is 3. The van der Waals surface area contributed by atoms with Gasteiger partial charge >= 0.3 is 25.8 Å². The van der Waals surface area contributed by atoms with Crippen molar-refractivity contribution in [2.24, 2.45) is 0 Å². The van der Waals surface area contributed by atoms with Gasteiger partial charge in [-0.25, -0.2) is 55.6 Å². The van der Waals surface area contributed by atoms with Gasteiger partial charge in [-0.3, -0.25) is 0 Å². The predicted octanol–water partition coefficient (Wildman–Crippen LogP) is 11.6. The maximum absolute atomic E-state index is 13.9. The maximum Gasteiger partial charge on any atom is 0.416 e. The quantitative estimate of drug-likeness (QED) is 0.106. The van der Waals surface area contributed by atoms with E-state index in [9.17, 15) is 69.2 Å². The lowest BCUT2D eigenvalue weighted by molar-refractivity contribution is -0.137. The van der Waals surface area contributed by atoms with Gasteiger partial charge in [0.25, 0.3) is 30.1 Å². The first kappa shape index (κ1) is 64.2. The summed E-state index contributed by atoms with van der Waals surface area (Å²) in [6, 6.07) is 13.9. The molecule has 0 amide bonds. The molecule has 0 radical (unpaired) electrons. The molecule has 0 saturated heterocycles. The van der Waals surface area contributed by atoms with Crippen molar-refractivity contribution in [1.29, 1.82) is 0 Å². The Hall–Kier alpha value is -7.84. The molecule has 6 aromatic heterocycles. The van der Waals surface area contributed by atoms with Crippen LogP contribution in [0.3, 0.4) is 0 Å². The van der Waals surface area contributed by atoms with E-state index in [2.05, 4.69) is 31.2 Å². The third kappa shape index (κ3) is 12.6. The van der Waals surface area contributed by atoms with Gasteiger partial charge in [0, 0.05) is 90.7 Å². The van der Waals surface area contributed by atoms with Gasteiger partial charge in [-0.2, -0.15) is 54.8 Å². The molecular weight excluding hydrogens is 1250 g/mol. The number of aryl methyl sites for hydroxylation is 3. The third-order valence-electron chi connectivity index (χ3n) is 15.6. The van der Waals surface area contributed by atoms with E-state index in [0.29, 0.717) is 63.9 Å². The van der Waals surface area contributed by atoms with Crippen molar-refractivity contribution >= 4 is 79.5 Å². The minimum absolute atomic E-state index is 0.0250. The van der Waals surface area contributed by atoms with Crippen LogP contribution in [0.4, 0.5) is 43.9 Å².